The van der Waals surface area contributed by atoms with E-state index in [1.165, 1.54) is 0 Å². The predicted octanol–water partition coefficient (Wildman–Crippen LogP) is -6.25. The summed E-state index contributed by atoms with van der Waals surface area (Å²) >= 11 is -2.51. The first-order chi connectivity index (χ1) is 3.41. The third-order valence-corrected chi connectivity index (χ3v) is 0. The van der Waals surface area contributed by atoms with Crippen LogP contribution < -0.4 is 14.7 Å². The Kier molecular flexibility index (Phi) is 73.2. The molecule has 0 aromatic heterocycles. The summed E-state index contributed by atoms with van der Waals surface area (Å²) in [6.45, 7) is 0. The molecule has 12 heavy (non-hydrogen) atoms. The summed E-state index contributed by atoms with van der Waals surface area (Å²) in [5, 5.41) is 0. The summed E-state index contributed by atoms with van der Waals surface area (Å²) in [6, 6.07) is 0. The second kappa shape index (κ2) is 22.6. The molecule has 0 aromatic carbocycles. The van der Waals surface area contributed by atoms with Gasteiger partial charge in [-0.25, -0.2) is 0 Å². The summed E-state index contributed by atoms with van der Waals surface area (Å²) in [7, 11) is -5.39. The van der Waals surface area contributed by atoms with E-state index in [0.717, 1.165) is 0 Å². The van der Waals surface area contributed by atoms with Gasteiger partial charge in [-0.2, -0.15) is 7.82 Å². The van der Waals surface area contributed by atoms with Crippen molar-refractivity contribution < 1.29 is 74.9 Å². The maximum atomic E-state index is 8.58. The van der Waals surface area contributed by atoms with E-state index in [2.05, 4.69) is 0 Å². The molecule has 0 fully saturated rings. The van der Waals surface area contributed by atoms with Crippen LogP contribution in [0.2, 0.25) is 0 Å². The van der Waals surface area contributed by atoms with Crippen LogP contribution in [0.25, 0.3) is 0 Å². The van der Waals surface area contributed by atoms with Crippen molar-refractivity contribution in [2.24, 2.45) is 0 Å². The quantitative estimate of drug-likeness (QED) is 0.333. The van der Waals surface area contributed by atoms with Gasteiger partial charge in [0.15, 0.2) is 0 Å². The zero-order valence-corrected chi connectivity index (χ0v) is 10.5. The second-order valence-corrected chi connectivity index (χ2v) is 2.12. The molecule has 0 amide bonds. The molecule has 10 nitrogen and oxygen atoms in total. The molecular formula is H9O10PU. The van der Waals surface area contributed by atoms with Gasteiger partial charge in [-0.1, -0.05) is 0 Å². The van der Waals surface area contributed by atoms with E-state index in [9.17, 15) is 0 Å². The number of rotatable bonds is 0. The van der Waals surface area contributed by atoms with Crippen molar-refractivity contribution >= 4 is 7.82 Å². The van der Waals surface area contributed by atoms with Crippen LogP contribution >= 0.6 is 7.82 Å². The summed E-state index contributed by atoms with van der Waals surface area (Å²) in [5.74, 6) is 0. The molecule has 0 unspecified atom stereocenters. The van der Waals surface area contributed by atoms with Gasteiger partial charge in [-0.05, 0) is 0 Å². The summed E-state index contributed by atoms with van der Waals surface area (Å²) in [5.41, 5.74) is 0. The van der Waals surface area contributed by atoms with Gasteiger partial charge in [-0.3, -0.25) is 0 Å². The Bertz CT molecular complexity index is 113. The molecule has 0 aliphatic heterocycles. The third-order valence-electron chi connectivity index (χ3n) is 0. The van der Waals surface area contributed by atoms with Gasteiger partial charge in [0.1, 0.15) is 0 Å². The van der Waals surface area contributed by atoms with Crippen LogP contribution in [0.3, 0.4) is 0 Å². The molecule has 0 radical (unpaired) electrons. The van der Waals surface area contributed by atoms with Crippen molar-refractivity contribution in [2.75, 3.05) is 0 Å². The Morgan fingerprint density at radius 2 is 0.917 bits per heavy atom. The van der Waals surface area contributed by atoms with Crippen LogP contribution in [0.4, 0.5) is 0 Å². The van der Waals surface area contributed by atoms with Gasteiger partial charge in [0.25, 0.3) is 0 Å². The molecule has 0 bridgehead atoms. The number of hydrogen-bond acceptors (Lipinski definition) is 6. The van der Waals surface area contributed by atoms with Crippen molar-refractivity contribution in [3.63, 3.8) is 0 Å². The Morgan fingerprint density at radius 1 is 0.917 bits per heavy atom. The van der Waals surface area contributed by atoms with Crippen LogP contribution in [-0.2, 0) is 9.04 Å². The Balaban J connectivity index is -0.00000000840. The Hall–Kier alpha value is 0.602. The van der Waals surface area contributed by atoms with Gasteiger partial charge >= 0.3 is 33.7 Å². The molecule has 0 aliphatic rings. The zero-order chi connectivity index (χ0) is 7.21. The Morgan fingerprint density at radius 3 is 0.917 bits per heavy atom. The molecule has 0 saturated carbocycles. The minimum atomic E-state index is -5.39. The zero-order valence-electron chi connectivity index (χ0n) is 6.40. The van der Waals surface area contributed by atoms with Crippen LogP contribution in [-0.4, -0.2) is 21.9 Å². The fourth-order valence-electron chi connectivity index (χ4n) is 0. The molecule has 0 heterocycles. The first kappa shape index (κ1) is 38.9. The van der Waals surface area contributed by atoms with Gasteiger partial charge in [0.2, 0.25) is 0 Å². The maximum absolute atomic E-state index is 8.58. The van der Waals surface area contributed by atoms with Gasteiger partial charge in [0, 0.05) is 0 Å². The molecule has 0 spiro atoms. The van der Waals surface area contributed by atoms with E-state index in [0.29, 0.717) is 0 Å². The van der Waals surface area contributed by atoms with Crippen molar-refractivity contribution in [1.29, 1.82) is 0 Å². The fraction of sp³-hybridized carbons (Fsp3) is 0. The number of phosphoric acid groups is 1. The van der Waals surface area contributed by atoms with Crippen molar-refractivity contribution in [3.8, 4) is 0 Å². The molecule has 0 aromatic rings. The molecule has 8 N–H and O–H groups in total. The average Bonchev–Trinajstić information content (AvgIpc) is 1.27. The van der Waals surface area contributed by atoms with Crippen LogP contribution in [0, 0.1) is 27.8 Å². The Labute approximate surface area is 82.8 Å². The monoisotopic (exact) mass is 438 g/mol. The fourth-order valence-corrected chi connectivity index (χ4v) is 0. The molecular weight excluding hydrogens is 429 g/mol. The molecule has 0 saturated heterocycles. The van der Waals surface area contributed by atoms with Crippen LogP contribution in [0.5, 0.6) is 0 Å². The summed E-state index contributed by atoms with van der Waals surface area (Å²) < 4.78 is 25.7. The van der Waals surface area contributed by atoms with E-state index in [1.54, 1.807) is 0 Å². The number of hydrogen-bond donors (Lipinski definition) is 0. The summed E-state index contributed by atoms with van der Waals surface area (Å²) in [4.78, 5) is 25.6. The predicted molar refractivity (Wildman–Crippen MR) is 24.5 cm³/mol. The van der Waals surface area contributed by atoms with Gasteiger partial charge in [0.05, 0.1) is 0 Å². The first-order valence-corrected chi connectivity index (χ1v) is 6.00. The summed E-state index contributed by atoms with van der Waals surface area (Å²) in [6.07, 6.45) is 0. The van der Waals surface area contributed by atoms with Gasteiger partial charge in [-0.15, -0.1) is 0 Å². The molecule has 78 valence electrons. The van der Waals surface area contributed by atoms with E-state index in [1.807, 2.05) is 0 Å². The third kappa shape index (κ3) is 2700. The first-order valence-electron chi connectivity index (χ1n) is 1.14. The standard InChI is InChI=1S/H3O4P.4H2O.2O.U/c1-5(2,3)4;;;;;;;/h(H3,1,2,3,4);4*1H2;;;/q;;;;;;;+2/p-2. The van der Waals surface area contributed by atoms with Crippen molar-refractivity contribution in [2.45, 2.75) is 0 Å². The SMILES string of the molecule is O.O.O.O.O=P([O-])([O-])[O-].[H+].[O]=[U+2]=[O]. The van der Waals surface area contributed by atoms with Crippen molar-refractivity contribution in [1.82, 2.24) is 0 Å². The molecule has 12 heteroatoms. The minimum absolute atomic E-state index is 0. The van der Waals surface area contributed by atoms with E-state index < -0.39 is 35.6 Å². The van der Waals surface area contributed by atoms with Gasteiger partial charge < -0.3 is 41.2 Å². The average molecular weight is 438 g/mol. The topological polar surface area (TPSA) is 246 Å². The second-order valence-electron chi connectivity index (χ2n) is 0.531. The molecule has 0 aliphatic carbocycles. The van der Waals surface area contributed by atoms with Crippen LogP contribution in [0.15, 0.2) is 0 Å². The normalized spacial score (nSPS) is 5.58. The van der Waals surface area contributed by atoms with E-state index in [4.69, 9.17) is 23.7 Å². The van der Waals surface area contributed by atoms with E-state index in [-0.39, 0.29) is 23.3 Å². The molecule has 0 atom stereocenters. The van der Waals surface area contributed by atoms with Crippen molar-refractivity contribution in [3.05, 3.63) is 0 Å². The van der Waals surface area contributed by atoms with E-state index >= 15 is 0 Å². The van der Waals surface area contributed by atoms with Crippen LogP contribution in [0.1, 0.15) is 1.43 Å². The molecule has 0 rings (SSSR count).